The molecule has 42 heavy (non-hydrogen) atoms. The van der Waals surface area contributed by atoms with Gasteiger partial charge in [-0.05, 0) is 49.1 Å². The van der Waals surface area contributed by atoms with Crippen LogP contribution in [0.15, 0.2) is 59.6 Å². The van der Waals surface area contributed by atoms with Crippen LogP contribution >= 0.6 is 0 Å². The maximum atomic E-state index is 13.3. The molecular formula is C28H29F3N4O6S. The average Bonchev–Trinajstić information content (AvgIpc) is 3.49. The van der Waals surface area contributed by atoms with E-state index in [2.05, 4.69) is 14.4 Å². The van der Waals surface area contributed by atoms with Crippen LogP contribution in [0.1, 0.15) is 36.0 Å². The first-order valence-electron chi connectivity index (χ1n) is 13.5. The molecule has 0 unspecified atom stereocenters. The van der Waals surface area contributed by atoms with Gasteiger partial charge in [0.2, 0.25) is 0 Å². The first kappa shape index (κ1) is 29.4. The summed E-state index contributed by atoms with van der Waals surface area (Å²) in [6.07, 6.45) is 0.132. The van der Waals surface area contributed by atoms with E-state index in [1.807, 2.05) is 0 Å². The Bertz CT molecular complexity index is 1560. The Balaban J connectivity index is 1.30. The van der Waals surface area contributed by atoms with E-state index in [1.165, 1.54) is 34.2 Å². The van der Waals surface area contributed by atoms with Crippen LogP contribution in [-0.2, 0) is 14.8 Å². The quantitative estimate of drug-likeness (QED) is 0.401. The highest BCUT2D eigenvalue weighted by Gasteiger charge is 2.34. The summed E-state index contributed by atoms with van der Waals surface area (Å²) in [5.41, 5.74) is -0.507. The molecule has 1 aliphatic carbocycles. The van der Waals surface area contributed by atoms with Crippen LogP contribution in [-0.4, -0.2) is 74.4 Å². The maximum absolute atomic E-state index is 13.3. The van der Waals surface area contributed by atoms with E-state index in [9.17, 15) is 31.2 Å². The number of fused-ring (bicyclic) bond motifs is 1. The number of halogens is 3. The SMILES string of the molecule is O=C(OCC1CCCC1)N1CCN(C(=O)c2ccc(NS(=O)(=O)c3cccc4cccnc34)c(OC(F)(F)F)c2)CC1. The fourth-order valence-corrected chi connectivity index (χ4v) is 6.42. The molecule has 224 valence electrons. The lowest BCUT2D eigenvalue weighted by molar-refractivity contribution is -0.274. The van der Waals surface area contributed by atoms with Crippen molar-refractivity contribution in [1.82, 2.24) is 14.8 Å². The number of nitrogens with zero attached hydrogens (tertiary/aromatic N) is 3. The van der Waals surface area contributed by atoms with Crippen LogP contribution in [0.5, 0.6) is 5.75 Å². The van der Waals surface area contributed by atoms with Crippen molar-refractivity contribution in [3.05, 3.63) is 60.3 Å². The van der Waals surface area contributed by atoms with E-state index in [0.29, 0.717) is 17.9 Å². The largest absolute Gasteiger partial charge is 0.573 e. The highest BCUT2D eigenvalue weighted by Crippen LogP contribution is 2.34. The topological polar surface area (TPSA) is 118 Å². The molecule has 2 amide bonds. The van der Waals surface area contributed by atoms with Gasteiger partial charge >= 0.3 is 12.5 Å². The zero-order valence-corrected chi connectivity index (χ0v) is 23.3. The molecule has 0 radical (unpaired) electrons. The number of alkyl halides is 3. The number of carbonyl (C=O) groups excluding carboxylic acids is 2. The highest BCUT2D eigenvalue weighted by atomic mass is 32.2. The number of rotatable bonds is 7. The average molecular weight is 607 g/mol. The molecule has 2 fully saturated rings. The Morgan fingerprint density at radius 2 is 1.67 bits per heavy atom. The molecule has 2 aliphatic rings. The van der Waals surface area contributed by atoms with Gasteiger partial charge in [-0.3, -0.25) is 14.5 Å². The van der Waals surface area contributed by atoms with Gasteiger partial charge in [0.25, 0.3) is 15.9 Å². The van der Waals surface area contributed by atoms with Crippen molar-refractivity contribution >= 4 is 38.6 Å². The fraction of sp³-hybridized carbons (Fsp3) is 0.393. The Kier molecular flexibility index (Phi) is 8.43. The molecule has 1 aliphatic heterocycles. The predicted molar refractivity (Wildman–Crippen MR) is 146 cm³/mol. The van der Waals surface area contributed by atoms with Crippen molar-refractivity contribution in [1.29, 1.82) is 0 Å². The number of carbonyl (C=O) groups is 2. The number of amides is 2. The number of para-hydroxylation sites is 1. The molecule has 0 bridgehead atoms. The predicted octanol–water partition coefficient (Wildman–Crippen LogP) is 5.02. The summed E-state index contributed by atoms with van der Waals surface area (Å²) in [4.78, 5) is 32.3. The Hall–Kier alpha value is -4.07. The first-order valence-corrected chi connectivity index (χ1v) is 15.0. The minimum Gasteiger partial charge on any atom is -0.449 e. The molecule has 2 aromatic carbocycles. The molecule has 0 atom stereocenters. The molecule has 14 heteroatoms. The summed E-state index contributed by atoms with van der Waals surface area (Å²) in [6.45, 7) is 1.08. The summed E-state index contributed by atoms with van der Waals surface area (Å²) in [7, 11) is -4.40. The standard InChI is InChI=1S/C28H29F3N4O6S/c29-28(30,31)41-23-17-21(26(36)34-13-15-35(16-14-34)27(37)40-18-19-5-1-2-6-19)10-11-22(23)33-42(38,39)24-9-3-7-20-8-4-12-32-25(20)24/h3-4,7-12,17,19,33H,1-2,5-6,13-16,18H2. The number of nitrogens with one attached hydrogen (secondary N) is 1. The van der Waals surface area contributed by atoms with Crippen molar-refractivity contribution in [3.63, 3.8) is 0 Å². The van der Waals surface area contributed by atoms with Gasteiger partial charge in [-0.15, -0.1) is 13.2 Å². The monoisotopic (exact) mass is 606 g/mol. The number of hydrogen-bond acceptors (Lipinski definition) is 7. The molecular weight excluding hydrogens is 577 g/mol. The Morgan fingerprint density at radius 1 is 0.976 bits per heavy atom. The van der Waals surface area contributed by atoms with Gasteiger partial charge in [0.15, 0.2) is 5.75 Å². The molecule has 1 saturated carbocycles. The number of piperazine rings is 1. The Labute approximate surface area is 240 Å². The van der Waals surface area contributed by atoms with Crippen LogP contribution < -0.4 is 9.46 Å². The Morgan fingerprint density at radius 3 is 2.38 bits per heavy atom. The summed E-state index contributed by atoms with van der Waals surface area (Å²) < 4.78 is 78.0. The third kappa shape index (κ3) is 6.86. The van der Waals surface area contributed by atoms with Crippen molar-refractivity contribution < 1.29 is 40.7 Å². The van der Waals surface area contributed by atoms with E-state index < -0.39 is 39.8 Å². The number of pyridine rings is 1. The lowest BCUT2D eigenvalue weighted by atomic mass is 10.1. The third-order valence-corrected chi connectivity index (χ3v) is 8.72. The minimum absolute atomic E-state index is 0.138. The van der Waals surface area contributed by atoms with Gasteiger partial charge in [0, 0.05) is 43.3 Å². The minimum atomic E-state index is -5.16. The molecule has 0 spiro atoms. The van der Waals surface area contributed by atoms with Gasteiger partial charge < -0.3 is 19.3 Å². The number of ether oxygens (including phenoxy) is 2. The molecule has 2 heterocycles. The van der Waals surface area contributed by atoms with Crippen LogP contribution in [0.25, 0.3) is 10.9 Å². The second kappa shape index (κ2) is 12.0. The van der Waals surface area contributed by atoms with Gasteiger partial charge in [0.05, 0.1) is 17.8 Å². The number of hydrogen-bond donors (Lipinski definition) is 1. The van der Waals surface area contributed by atoms with Gasteiger partial charge in [-0.1, -0.05) is 31.0 Å². The maximum Gasteiger partial charge on any atom is 0.573 e. The summed E-state index contributed by atoms with van der Waals surface area (Å²) in [5.74, 6) is -1.10. The second-order valence-corrected chi connectivity index (χ2v) is 11.9. The summed E-state index contributed by atoms with van der Waals surface area (Å²) >= 11 is 0. The van der Waals surface area contributed by atoms with E-state index in [-0.39, 0.29) is 42.2 Å². The fourth-order valence-electron chi connectivity index (χ4n) is 5.17. The van der Waals surface area contributed by atoms with Crippen molar-refractivity contribution in [2.75, 3.05) is 37.5 Å². The molecule has 1 N–H and O–H groups in total. The van der Waals surface area contributed by atoms with E-state index >= 15 is 0 Å². The number of benzene rings is 2. The number of aromatic nitrogens is 1. The summed E-state index contributed by atoms with van der Waals surface area (Å²) in [5, 5.41) is 0.523. The molecule has 1 aromatic heterocycles. The summed E-state index contributed by atoms with van der Waals surface area (Å²) in [6, 6.07) is 10.8. The van der Waals surface area contributed by atoms with E-state index in [0.717, 1.165) is 37.8 Å². The lowest BCUT2D eigenvalue weighted by Gasteiger charge is -2.34. The zero-order chi connectivity index (χ0) is 29.9. The number of anilines is 1. The molecule has 10 nitrogen and oxygen atoms in total. The molecule has 3 aromatic rings. The van der Waals surface area contributed by atoms with E-state index in [1.54, 1.807) is 18.2 Å². The third-order valence-electron chi connectivity index (χ3n) is 7.33. The number of sulfonamides is 1. The van der Waals surface area contributed by atoms with Crippen LogP contribution in [0.2, 0.25) is 0 Å². The van der Waals surface area contributed by atoms with Crippen molar-refractivity contribution in [3.8, 4) is 5.75 Å². The first-order chi connectivity index (χ1) is 20.0. The zero-order valence-electron chi connectivity index (χ0n) is 22.5. The normalized spacial score (nSPS) is 16.5. The lowest BCUT2D eigenvalue weighted by Crippen LogP contribution is -2.50. The molecule has 5 rings (SSSR count). The van der Waals surface area contributed by atoms with Crippen molar-refractivity contribution in [2.24, 2.45) is 5.92 Å². The second-order valence-electron chi connectivity index (χ2n) is 10.2. The van der Waals surface area contributed by atoms with E-state index in [4.69, 9.17) is 4.74 Å². The molecule has 1 saturated heterocycles. The van der Waals surface area contributed by atoms with Crippen LogP contribution in [0, 0.1) is 5.92 Å². The van der Waals surface area contributed by atoms with Crippen molar-refractivity contribution in [2.45, 2.75) is 36.9 Å². The van der Waals surface area contributed by atoms with Crippen LogP contribution in [0.3, 0.4) is 0 Å². The highest BCUT2D eigenvalue weighted by molar-refractivity contribution is 7.93. The smallest absolute Gasteiger partial charge is 0.449 e. The van der Waals surface area contributed by atoms with Gasteiger partial charge in [0.1, 0.15) is 4.90 Å². The van der Waals surface area contributed by atoms with Gasteiger partial charge in [-0.25, -0.2) is 13.2 Å². The van der Waals surface area contributed by atoms with Gasteiger partial charge in [-0.2, -0.15) is 0 Å². The van der Waals surface area contributed by atoms with Crippen LogP contribution in [0.4, 0.5) is 23.7 Å².